The number of aromatic nitrogens is 1. The molecule has 3 rings (SSSR count). The Morgan fingerprint density at radius 3 is 2.76 bits per heavy atom. The van der Waals surface area contributed by atoms with Gasteiger partial charge in [0.05, 0.1) is 5.52 Å². The summed E-state index contributed by atoms with van der Waals surface area (Å²) in [5.74, 6) is -1.24. The first-order valence-electron chi connectivity index (χ1n) is 7.06. The van der Waals surface area contributed by atoms with E-state index in [-0.39, 0.29) is 5.91 Å². The van der Waals surface area contributed by atoms with E-state index in [1.165, 1.54) is 4.90 Å². The number of aliphatic carboxylic acids is 1. The summed E-state index contributed by atoms with van der Waals surface area (Å²) in [6.45, 7) is 0.476. The Morgan fingerprint density at radius 2 is 1.95 bits per heavy atom. The maximum Gasteiger partial charge on any atom is 0.326 e. The molecule has 5 nitrogen and oxygen atoms in total. The van der Waals surface area contributed by atoms with Crippen LogP contribution in [0.2, 0.25) is 0 Å². The smallest absolute Gasteiger partial charge is 0.326 e. The van der Waals surface area contributed by atoms with Crippen LogP contribution < -0.4 is 0 Å². The molecule has 1 aromatic heterocycles. The number of hydrogen-bond donors (Lipinski definition) is 1. The molecule has 1 fully saturated rings. The molecule has 0 bridgehead atoms. The number of carbonyl (C=O) groups excluding carboxylic acids is 1. The third-order valence-electron chi connectivity index (χ3n) is 3.87. The summed E-state index contributed by atoms with van der Waals surface area (Å²) in [5.41, 5.74) is 1.05. The van der Waals surface area contributed by atoms with Crippen molar-refractivity contribution in [2.45, 2.75) is 25.3 Å². The Morgan fingerprint density at radius 1 is 1.14 bits per heavy atom. The summed E-state index contributed by atoms with van der Waals surface area (Å²) in [7, 11) is 0. The van der Waals surface area contributed by atoms with E-state index in [4.69, 9.17) is 0 Å². The molecule has 0 aliphatic carbocycles. The van der Waals surface area contributed by atoms with E-state index in [9.17, 15) is 14.7 Å². The minimum absolute atomic E-state index is 0.298. The van der Waals surface area contributed by atoms with Crippen LogP contribution in [-0.2, 0) is 4.79 Å². The molecule has 1 aliphatic heterocycles. The zero-order valence-corrected chi connectivity index (χ0v) is 11.5. The first-order chi connectivity index (χ1) is 10.2. The number of piperidine rings is 1. The molecule has 0 saturated carbocycles. The number of likely N-dealkylation sites (tertiary alicyclic amines) is 1. The summed E-state index contributed by atoms with van der Waals surface area (Å²) in [6, 6.07) is 10.3. The van der Waals surface area contributed by atoms with Crippen molar-refractivity contribution in [2.75, 3.05) is 6.54 Å². The van der Waals surface area contributed by atoms with E-state index in [1.54, 1.807) is 6.07 Å². The normalized spacial score (nSPS) is 18.7. The second kappa shape index (κ2) is 5.52. The fraction of sp³-hybridized carbons (Fsp3) is 0.312. The van der Waals surface area contributed by atoms with Gasteiger partial charge in [-0.2, -0.15) is 0 Å². The lowest BCUT2D eigenvalue weighted by molar-refractivity contribution is -0.143. The standard InChI is InChI=1S/C16H16N2O3/c19-15(18-10-4-3-7-14(18)16(20)21)13-9-8-11-5-1-2-6-12(11)17-13/h1-2,5-6,8-9,14H,3-4,7,10H2,(H,20,21). The van der Waals surface area contributed by atoms with E-state index >= 15 is 0 Å². The van der Waals surface area contributed by atoms with Crippen LogP contribution in [0.25, 0.3) is 10.9 Å². The largest absolute Gasteiger partial charge is 0.480 e. The first-order valence-corrected chi connectivity index (χ1v) is 7.06. The number of para-hydroxylation sites is 1. The van der Waals surface area contributed by atoms with Crippen molar-refractivity contribution in [2.24, 2.45) is 0 Å². The molecule has 0 radical (unpaired) electrons. The second-order valence-corrected chi connectivity index (χ2v) is 5.24. The van der Waals surface area contributed by atoms with Crippen molar-refractivity contribution in [3.63, 3.8) is 0 Å². The maximum atomic E-state index is 12.6. The fourth-order valence-electron chi connectivity index (χ4n) is 2.76. The lowest BCUT2D eigenvalue weighted by Crippen LogP contribution is -2.48. The van der Waals surface area contributed by atoms with Gasteiger partial charge in [-0.3, -0.25) is 4.79 Å². The predicted octanol–water partition coefficient (Wildman–Crippen LogP) is 2.31. The molecule has 1 aliphatic rings. The van der Waals surface area contributed by atoms with Gasteiger partial charge in [0.2, 0.25) is 0 Å². The average molecular weight is 284 g/mol. The van der Waals surface area contributed by atoms with Gasteiger partial charge in [-0.25, -0.2) is 9.78 Å². The molecule has 1 amide bonds. The maximum absolute atomic E-state index is 12.6. The van der Waals surface area contributed by atoms with Crippen LogP contribution in [0.1, 0.15) is 29.8 Å². The molecule has 108 valence electrons. The summed E-state index contributed by atoms with van der Waals surface area (Å²) in [4.78, 5) is 29.7. The Hall–Kier alpha value is -2.43. The minimum atomic E-state index is -0.941. The second-order valence-electron chi connectivity index (χ2n) is 5.24. The van der Waals surface area contributed by atoms with Crippen molar-refractivity contribution in [3.8, 4) is 0 Å². The van der Waals surface area contributed by atoms with Crippen LogP contribution in [-0.4, -0.2) is 39.5 Å². The van der Waals surface area contributed by atoms with Crippen LogP contribution in [0.3, 0.4) is 0 Å². The van der Waals surface area contributed by atoms with E-state index in [0.717, 1.165) is 23.7 Å². The van der Waals surface area contributed by atoms with Crippen LogP contribution in [0, 0.1) is 0 Å². The number of pyridine rings is 1. The molecule has 1 saturated heterocycles. The van der Waals surface area contributed by atoms with Gasteiger partial charge in [-0.1, -0.05) is 24.3 Å². The molecule has 5 heteroatoms. The average Bonchev–Trinajstić information content (AvgIpc) is 2.53. The van der Waals surface area contributed by atoms with Crippen molar-refractivity contribution in [3.05, 3.63) is 42.1 Å². The van der Waals surface area contributed by atoms with Crippen LogP contribution >= 0.6 is 0 Å². The number of nitrogens with zero attached hydrogens (tertiary/aromatic N) is 2. The molecular weight excluding hydrogens is 268 g/mol. The Kier molecular flexibility index (Phi) is 3.56. The van der Waals surface area contributed by atoms with E-state index in [2.05, 4.69) is 4.98 Å². The summed E-state index contributed by atoms with van der Waals surface area (Å²) < 4.78 is 0. The Labute approximate surface area is 122 Å². The van der Waals surface area contributed by atoms with Crippen molar-refractivity contribution >= 4 is 22.8 Å². The van der Waals surface area contributed by atoms with Gasteiger partial charge in [0.25, 0.3) is 5.91 Å². The van der Waals surface area contributed by atoms with Gasteiger partial charge in [-0.05, 0) is 31.4 Å². The zero-order valence-electron chi connectivity index (χ0n) is 11.5. The van der Waals surface area contributed by atoms with Gasteiger partial charge in [0.1, 0.15) is 11.7 Å². The Bertz CT molecular complexity index is 699. The van der Waals surface area contributed by atoms with Crippen molar-refractivity contribution in [1.82, 2.24) is 9.88 Å². The molecule has 2 aromatic rings. The number of rotatable bonds is 2. The zero-order chi connectivity index (χ0) is 14.8. The van der Waals surface area contributed by atoms with Gasteiger partial charge in [-0.15, -0.1) is 0 Å². The molecule has 2 heterocycles. The third kappa shape index (κ3) is 2.59. The summed E-state index contributed by atoms with van der Waals surface area (Å²) in [6.07, 6.45) is 2.18. The highest BCUT2D eigenvalue weighted by Gasteiger charge is 2.32. The molecule has 1 aromatic carbocycles. The van der Waals surface area contributed by atoms with Crippen LogP contribution in [0.4, 0.5) is 0 Å². The van der Waals surface area contributed by atoms with Crippen LogP contribution in [0.5, 0.6) is 0 Å². The quantitative estimate of drug-likeness (QED) is 0.918. The highest BCUT2D eigenvalue weighted by Crippen LogP contribution is 2.20. The van der Waals surface area contributed by atoms with Gasteiger partial charge in [0.15, 0.2) is 0 Å². The third-order valence-corrected chi connectivity index (χ3v) is 3.87. The minimum Gasteiger partial charge on any atom is -0.480 e. The van der Waals surface area contributed by atoms with Gasteiger partial charge < -0.3 is 10.0 Å². The number of carboxylic acid groups (broad SMARTS) is 1. The first kappa shape index (κ1) is 13.5. The SMILES string of the molecule is O=C(O)C1CCCCN1C(=O)c1ccc2ccccc2n1. The van der Waals surface area contributed by atoms with Crippen molar-refractivity contribution in [1.29, 1.82) is 0 Å². The van der Waals surface area contributed by atoms with E-state index in [1.807, 2.05) is 30.3 Å². The number of hydrogen-bond acceptors (Lipinski definition) is 3. The summed E-state index contributed by atoms with van der Waals surface area (Å²) >= 11 is 0. The lowest BCUT2D eigenvalue weighted by atomic mass is 10.0. The molecule has 1 atom stereocenters. The molecular formula is C16H16N2O3. The number of fused-ring (bicyclic) bond motifs is 1. The van der Waals surface area contributed by atoms with E-state index < -0.39 is 12.0 Å². The topological polar surface area (TPSA) is 70.5 Å². The predicted molar refractivity (Wildman–Crippen MR) is 78.1 cm³/mol. The number of carboxylic acids is 1. The van der Waals surface area contributed by atoms with Gasteiger partial charge in [0, 0.05) is 11.9 Å². The van der Waals surface area contributed by atoms with Crippen molar-refractivity contribution < 1.29 is 14.7 Å². The monoisotopic (exact) mass is 284 g/mol. The highest BCUT2D eigenvalue weighted by molar-refractivity contribution is 5.97. The van der Waals surface area contributed by atoms with Gasteiger partial charge >= 0.3 is 5.97 Å². The molecule has 1 unspecified atom stereocenters. The highest BCUT2D eigenvalue weighted by atomic mass is 16.4. The number of benzene rings is 1. The molecule has 1 N–H and O–H groups in total. The Balaban J connectivity index is 1.93. The molecule has 21 heavy (non-hydrogen) atoms. The lowest BCUT2D eigenvalue weighted by Gasteiger charge is -2.32. The number of carbonyl (C=O) groups is 2. The fourth-order valence-corrected chi connectivity index (χ4v) is 2.76. The van der Waals surface area contributed by atoms with E-state index in [0.29, 0.717) is 18.7 Å². The molecule has 0 spiro atoms. The summed E-state index contributed by atoms with van der Waals surface area (Å²) in [5, 5.41) is 10.2. The number of amides is 1. The van der Waals surface area contributed by atoms with Crippen LogP contribution in [0.15, 0.2) is 36.4 Å².